The summed E-state index contributed by atoms with van der Waals surface area (Å²) in [6.07, 6.45) is 3.56. The molecule has 0 amide bonds. The third-order valence-corrected chi connectivity index (χ3v) is 6.27. The minimum absolute atomic E-state index is 0.0492. The molecule has 4 rings (SSSR count). The van der Waals surface area contributed by atoms with Gasteiger partial charge in [0.15, 0.2) is 5.82 Å². The van der Waals surface area contributed by atoms with Gasteiger partial charge in [-0.3, -0.25) is 4.68 Å². The van der Waals surface area contributed by atoms with Crippen molar-refractivity contribution >= 4 is 40.2 Å². The molecule has 0 spiro atoms. The van der Waals surface area contributed by atoms with Gasteiger partial charge in [0.2, 0.25) is 0 Å². The van der Waals surface area contributed by atoms with Crippen molar-refractivity contribution in [2.75, 3.05) is 6.61 Å². The average Bonchev–Trinajstić information content (AvgIpc) is 3.34. The largest absolute Gasteiger partial charge is 0.461 e. The monoisotopic (exact) mass is 458 g/mol. The lowest BCUT2D eigenvalue weighted by Crippen LogP contribution is -2.07. The predicted octanol–water partition coefficient (Wildman–Crippen LogP) is 5.67. The van der Waals surface area contributed by atoms with Crippen LogP contribution >= 0.6 is 23.4 Å². The number of aromatic nitrogens is 4. The van der Waals surface area contributed by atoms with Crippen LogP contribution in [0.3, 0.4) is 0 Å². The number of benzene rings is 1. The molecule has 6 nitrogen and oxygen atoms in total. The number of pyridine rings is 1. The fourth-order valence-electron chi connectivity index (χ4n) is 3.39. The summed E-state index contributed by atoms with van der Waals surface area (Å²) in [7, 11) is 0. The molecule has 0 aliphatic carbocycles. The lowest BCUT2D eigenvalue weighted by Gasteiger charge is -2.07. The third kappa shape index (κ3) is 3.93. The first-order valence-electron chi connectivity index (χ1n) is 9.78. The van der Waals surface area contributed by atoms with E-state index in [-0.39, 0.29) is 17.3 Å². The van der Waals surface area contributed by atoms with Gasteiger partial charge in [-0.2, -0.15) is 5.10 Å². The molecule has 1 aromatic carbocycles. The van der Waals surface area contributed by atoms with Gasteiger partial charge in [0, 0.05) is 28.7 Å². The maximum absolute atomic E-state index is 15.2. The Morgan fingerprint density at radius 1 is 1.26 bits per heavy atom. The van der Waals surface area contributed by atoms with Crippen molar-refractivity contribution < 1.29 is 13.9 Å². The number of halogens is 2. The molecule has 0 radical (unpaired) electrons. The molecule has 9 heteroatoms. The van der Waals surface area contributed by atoms with Crippen molar-refractivity contribution in [1.29, 1.82) is 0 Å². The number of aryl methyl sites for hydroxylation is 1. The van der Waals surface area contributed by atoms with E-state index < -0.39 is 11.8 Å². The molecule has 0 bridgehead atoms. The normalized spacial score (nSPS) is 11.3. The van der Waals surface area contributed by atoms with E-state index in [2.05, 4.69) is 10.1 Å². The van der Waals surface area contributed by atoms with Crippen molar-refractivity contribution in [1.82, 2.24) is 19.3 Å². The molecule has 0 fully saturated rings. The molecule has 3 heterocycles. The second-order valence-corrected chi connectivity index (χ2v) is 8.18. The van der Waals surface area contributed by atoms with Crippen LogP contribution in [0.4, 0.5) is 4.39 Å². The number of hydrogen-bond acceptors (Lipinski definition) is 5. The summed E-state index contributed by atoms with van der Waals surface area (Å²) in [6, 6.07) is 8.50. The number of hydrogen-bond donors (Lipinski definition) is 0. The highest BCUT2D eigenvalue weighted by molar-refractivity contribution is 7.99. The first-order chi connectivity index (χ1) is 14.9. The Morgan fingerprint density at radius 2 is 2.06 bits per heavy atom. The first kappa shape index (κ1) is 21.4. The smallest absolute Gasteiger partial charge is 0.356 e. The van der Waals surface area contributed by atoms with Crippen LogP contribution in [0, 0.1) is 12.7 Å². The Hall–Kier alpha value is -2.84. The van der Waals surface area contributed by atoms with Gasteiger partial charge in [0.25, 0.3) is 0 Å². The van der Waals surface area contributed by atoms with Crippen molar-refractivity contribution in [2.45, 2.75) is 37.2 Å². The summed E-state index contributed by atoms with van der Waals surface area (Å²) in [5, 5.41) is 5.68. The van der Waals surface area contributed by atoms with Gasteiger partial charge in [-0.25, -0.2) is 14.2 Å². The van der Waals surface area contributed by atoms with E-state index in [0.717, 1.165) is 16.3 Å². The second kappa shape index (κ2) is 8.72. The van der Waals surface area contributed by atoms with Gasteiger partial charge < -0.3 is 9.30 Å². The molecule has 31 heavy (non-hydrogen) atoms. The van der Waals surface area contributed by atoms with Gasteiger partial charge >= 0.3 is 5.97 Å². The molecule has 0 saturated heterocycles. The molecule has 3 aromatic heterocycles. The van der Waals surface area contributed by atoms with Crippen LogP contribution in [0.15, 0.2) is 52.6 Å². The van der Waals surface area contributed by atoms with Crippen LogP contribution in [0.2, 0.25) is 5.02 Å². The van der Waals surface area contributed by atoms with E-state index in [4.69, 9.17) is 16.3 Å². The second-order valence-electron chi connectivity index (χ2n) is 6.75. The number of carbonyl (C=O) groups excluding carboxylic acids is 1. The Balaban J connectivity index is 1.86. The lowest BCUT2D eigenvalue weighted by atomic mass is 10.2. The van der Waals surface area contributed by atoms with E-state index in [9.17, 15) is 4.79 Å². The molecule has 0 saturated carbocycles. The maximum atomic E-state index is 15.2. The summed E-state index contributed by atoms with van der Waals surface area (Å²) in [6.45, 7) is 6.62. The maximum Gasteiger partial charge on any atom is 0.356 e. The summed E-state index contributed by atoms with van der Waals surface area (Å²) < 4.78 is 23.8. The Bertz CT molecular complexity index is 1280. The molecule has 160 valence electrons. The van der Waals surface area contributed by atoms with E-state index in [1.165, 1.54) is 11.8 Å². The first-order valence-corrected chi connectivity index (χ1v) is 11.0. The highest BCUT2D eigenvalue weighted by atomic mass is 35.5. The van der Waals surface area contributed by atoms with Crippen molar-refractivity contribution in [3.63, 3.8) is 0 Å². The van der Waals surface area contributed by atoms with Crippen molar-refractivity contribution in [2.24, 2.45) is 0 Å². The zero-order valence-corrected chi connectivity index (χ0v) is 18.8. The quantitative estimate of drug-likeness (QED) is 0.348. The molecular formula is C22H20ClFN4O2S. The molecular weight excluding hydrogens is 439 g/mol. The standard InChI is InChI=1S/C22H20ClFN4O2S/c1-4-27-12-14(11-25-27)28-13(3)21(15-9-10-16(23)19(24)20(15)28)31-18-8-6-7-17(26-18)22(29)30-5-2/h6-12H,4-5H2,1-3H3. The zero-order valence-electron chi connectivity index (χ0n) is 17.2. The number of rotatable bonds is 6. The van der Waals surface area contributed by atoms with Gasteiger partial charge in [-0.15, -0.1) is 0 Å². The Morgan fingerprint density at radius 3 is 2.77 bits per heavy atom. The zero-order chi connectivity index (χ0) is 22.1. The van der Waals surface area contributed by atoms with Gasteiger partial charge in [-0.05, 0) is 45.0 Å². The van der Waals surface area contributed by atoms with Gasteiger partial charge in [0.05, 0.1) is 29.0 Å². The highest BCUT2D eigenvalue weighted by Crippen LogP contribution is 2.41. The summed E-state index contributed by atoms with van der Waals surface area (Å²) in [5.41, 5.74) is 2.17. The van der Waals surface area contributed by atoms with Crippen molar-refractivity contribution in [3.8, 4) is 5.69 Å². The molecule has 0 atom stereocenters. The fraction of sp³-hybridized carbons (Fsp3) is 0.227. The van der Waals surface area contributed by atoms with E-state index >= 15 is 4.39 Å². The minimum atomic E-state index is -0.494. The fourth-order valence-corrected chi connectivity index (χ4v) is 4.56. The molecule has 4 aromatic rings. The predicted molar refractivity (Wildman–Crippen MR) is 119 cm³/mol. The lowest BCUT2D eigenvalue weighted by molar-refractivity contribution is 0.0518. The van der Waals surface area contributed by atoms with Crippen LogP contribution in [-0.4, -0.2) is 31.9 Å². The summed E-state index contributed by atoms with van der Waals surface area (Å²) >= 11 is 7.47. The number of esters is 1. The number of carbonyl (C=O) groups is 1. The van der Waals surface area contributed by atoms with Gasteiger partial charge in [-0.1, -0.05) is 29.4 Å². The van der Waals surface area contributed by atoms with Gasteiger partial charge in [0.1, 0.15) is 10.7 Å². The molecule has 0 N–H and O–H groups in total. The van der Waals surface area contributed by atoms with Crippen LogP contribution in [0.5, 0.6) is 0 Å². The Kier molecular flexibility index (Phi) is 6.02. The van der Waals surface area contributed by atoms with Crippen LogP contribution < -0.4 is 0 Å². The SMILES string of the molecule is CCOC(=O)c1cccc(Sc2c(C)n(-c3cnn(CC)c3)c3c(F)c(Cl)ccc23)n1. The average molecular weight is 459 g/mol. The highest BCUT2D eigenvalue weighted by Gasteiger charge is 2.22. The van der Waals surface area contributed by atoms with E-state index in [1.54, 1.807) is 48.1 Å². The summed E-state index contributed by atoms with van der Waals surface area (Å²) in [5.74, 6) is -0.972. The van der Waals surface area contributed by atoms with E-state index in [0.29, 0.717) is 22.5 Å². The van der Waals surface area contributed by atoms with Crippen LogP contribution in [0.25, 0.3) is 16.6 Å². The topological polar surface area (TPSA) is 61.9 Å². The van der Waals surface area contributed by atoms with E-state index in [1.807, 2.05) is 24.6 Å². The molecule has 0 aliphatic heterocycles. The third-order valence-electron chi connectivity index (χ3n) is 4.82. The number of fused-ring (bicyclic) bond motifs is 1. The van der Waals surface area contributed by atoms with Crippen LogP contribution in [0.1, 0.15) is 30.0 Å². The molecule has 0 unspecified atom stereocenters. The van der Waals surface area contributed by atoms with Crippen LogP contribution in [-0.2, 0) is 11.3 Å². The Labute approximate surface area is 188 Å². The number of nitrogens with zero attached hydrogens (tertiary/aromatic N) is 4. The minimum Gasteiger partial charge on any atom is -0.461 e. The van der Waals surface area contributed by atoms with Crippen molar-refractivity contribution in [3.05, 3.63) is 65.0 Å². The number of ether oxygens (including phenoxy) is 1. The summed E-state index contributed by atoms with van der Waals surface area (Å²) in [4.78, 5) is 17.3. The molecule has 0 aliphatic rings.